The Morgan fingerprint density at radius 2 is 1.62 bits per heavy atom. The minimum absolute atomic E-state index is 0.0140. The standard InChI is InChI=1S/C31H35N3O5/c1-20-12-14-24-26(18-20)39-27-19-21(34(16-6-10-28(35)32-2)17-7-11-29(36)33-3)13-15-25(27)30(24)22-8-4-5-9-23(22)31(37)38/h4-5,8-9,12-15,18-19,25,30H,6-7,10-11,16-17H2,1-3H3,(H2-,32,33,35,36,37,38). The normalized spacial score (nSPS) is 17.3. The third-order valence-corrected chi connectivity index (χ3v) is 7.29. The number of ether oxygens (including phenoxy) is 1. The molecule has 4 rings (SSSR count). The third-order valence-electron chi connectivity index (χ3n) is 7.29. The average molecular weight is 530 g/mol. The molecule has 0 bridgehead atoms. The van der Waals surface area contributed by atoms with Gasteiger partial charge in [0.25, 0.3) is 0 Å². The number of carbonyl (C=O) groups is 3. The molecular formula is C31H35N3O5. The fourth-order valence-electron chi connectivity index (χ4n) is 5.26. The Balaban J connectivity index is 1.73. The van der Waals surface area contributed by atoms with E-state index in [0.29, 0.717) is 50.1 Å². The molecule has 8 nitrogen and oxygen atoms in total. The highest BCUT2D eigenvalue weighted by Gasteiger charge is 2.38. The molecule has 2 aromatic carbocycles. The van der Waals surface area contributed by atoms with Gasteiger partial charge in [0.2, 0.25) is 17.5 Å². The summed E-state index contributed by atoms with van der Waals surface area (Å²) >= 11 is 0. The summed E-state index contributed by atoms with van der Waals surface area (Å²) < 4.78 is 8.61. The minimum atomic E-state index is -1.21. The number of nitrogens with one attached hydrogen (secondary N) is 2. The van der Waals surface area contributed by atoms with Crippen molar-refractivity contribution in [1.29, 1.82) is 0 Å². The van der Waals surface area contributed by atoms with Crippen LogP contribution >= 0.6 is 0 Å². The van der Waals surface area contributed by atoms with Crippen LogP contribution in [0.25, 0.3) is 0 Å². The van der Waals surface area contributed by atoms with Crippen molar-refractivity contribution in [2.75, 3.05) is 27.2 Å². The second-order valence-electron chi connectivity index (χ2n) is 9.89. The van der Waals surface area contributed by atoms with Crippen LogP contribution in [-0.2, 0) is 9.59 Å². The number of carboxylic acids is 1. The van der Waals surface area contributed by atoms with E-state index in [2.05, 4.69) is 21.3 Å². The van der Waals surface area contributed by atoms with Gasteiger partial charge in [-0.25, -0.2) is 4.58 Å². The Bertz CT molecular complexity index is 1330. The predicted octanol–water partition coefficient (Wildman–Crippen LogP) is 2.46. The largest absolute Gasteiger partial charge is 0.545 e. The van der Waals surface area contributed by atoms with Crippen LogP contribution in [-0.4, -0.2) is 55.3 Å². The maximum absolute atomic E-state index is 12.0. The molecule has 2 aliphatic rings. The van der Waals surface area contributed by atoms with Crippen LogP contribution < -0.4 is 20.5 Å². The molecular weight excluding hydrogens is 494 g/mol. The number of amides is 2. The third kappa shape index (κ3) is 6.45. The number of carboxylic acid groups (broad SMARTS) is 1. The van der Waals surface area contributed by atoms with Gasteiger partial charge in [0.15, 0.2) is 0 Å². The van der Waals surface area contributed by atoms with E-state index in [1.165, 1.54) is 0 Å². The number of benzene rings is 2. The van der Waals surface area contributed by atoms with E-state index >= 15 is 0 Å². The van der Waals surface area contributed by atoms with Gasteiger partial charge < -0.3 is 25.3 Å². The zero-order valence-electron chi connectivity index (χ0n) is 22.7. The molecule has 0 fully saturated rings. The Kier molecular flexibility index (Phi) is 8.96. The Hall–Kier alpha value is -4.20. The molecule has 204 valence electrons. The van der Waals surface area contributed by atoms with Crippen LogP contribution in [0.2, 0.25) is 0 Å². The maximum Gasteiger partial charge on any atom is 0.219 e. The van der Waals surface area contributed by atoms with Crippen LogP contribution in [0.5, 0.6) is 5.75 Å². The van der Waals surface area contributed by atoms with Gasteiger partial charge >= 0.3 is 0 Å². The molecule has 2 unspecified atom stereocenters. The highest BCUT2D eigenvalue weighted by molar-refractivity contribution is 6.02. The highest BCUT2D eigenvalue weighted by atomic mass is 16.5. The van der Waals surface area contributed by atoms with Crippen molar-refractivity contribution in [2.24, 2.45) is 5.92 Å². The summed E-state index contributed by atoms with van der Waals surface area (Å²) in [5.74, 6) is -0.269. The molecule has 1 aliphatic heterocycles. The summed E-state index contributed by atoms with van der Waals surface area (Å²) in [6.45, 7) is 3.27. The van der Waals surface area contributed by atoms with Crippen molar-refractivity contribution >= 4 is 23.5 Å². The minimum Gasteiger partial charge on any atom is -0.545 e. The van der Waals surface area contributed by atoms with Gasteiger partial charge in [-0.05, 0) is 24.1 Å². The fourth-order valence-corrected chi connectivity index (χ4v) is 5.26. The Morgan fingerprint density at radius 1 is 0.949 bits per heavy atom. The first-order valence-corrected chi connectivity index (χ1v) is 13.3. The lowest BCUT2D eigenvalue weighted by atomic mass is 9.74. The zero-order chi connectivity index (χ0) is 27.9. The number of rotatable bonds is 10. The van der Waals surface area contributed by atoms with Crippen LogP contribution in [0, 0.1) is 12.8 Å². The predicted molar refractivity (Wildman–Crippen MR) is 147 cm³/mol. The summed E-state index contributed by atoms with van der Waals surface area (Å²) in [7, 11) is 3.25. The van der Waals surface area contributed by atoms with Crippen molar-refractivity contribution in [2.45, 2.75) is 38.5 Å². The molecule has 0 saturated heterocycles. The molecule has 1 heterocycles. The van der Waals surface area contributed by atoms with Crippen molar-refractivity contribution < 1.29 is 28.8 Å². The topological polar surface area (TPSA) is 111 Å². The first-order chi connectivity index (χ1) is 18.8. The maximum atomic E-state index is 12.0. The number of hydrogen-bond acceptors (Lipinski definition) is 5. The van der Waals surface area contributed by atoms with E-state index in [0.717, 1.165) is 22.6 Å². The average Bonchev–Trinajstić information content (AvgIpc) is 2.94. The van der Waals surface area contributed by atoms with Gasteiger partial charge in [-0.3, -0.25) is 9.59 Å². The summed E-state index contributed by atoms with van der Waals surface area (Å²) in [6, 6.07) is 13.0. The number of aryl methyl sites for hydroxylation is 1. The van der Waals surface area contributed by atoms with E-state index in [-0.39, 0.29) is 29.2 Å². The van der Waals surface area contributed by atoms with Gasteiger partial charge in [-0.1, -0.05) is 42.5 Å². The van der Waals surface area contributed by atoms with E-state index in [9.17, 15) is 19.5 Å². The number of hydrogen-bond donors (Lipinski definition) is 2. The van der Waals surface area contributed by atoms with Crippen LogP contribution in [0.3, 0.4) is 0 Å². The van der Waals surface area contributed by atoms with E-state index < -0.39 is 5.97 Å². The molecule has 2 N–H and O–H groups in total. The Labute approximate surface area is 229 Å². The molecule has 8 heteroatoms. The molecule has 1 aliphatic carbocycles. The molecule has 2 amide bonds. The van der Waals surface area contributed by atoms with Gasteiger partial charge in [0, 0.05) is 74.9 Å². The fraction of sp³-hybridized carbons (Fsp3) is 0.355. The van der Waals surface area contributed by atoms with Gasteiger partial charge in [-0.2, -0.15) is 0 Å². The lowest BCUT2D eigenvalue weighted by Gasteiger charge is -2.36. The lowest BCUT2D eigenvalue weighted by molar-refractivity contribution is -0.527. The first-order valence-electron chi connectivity index (χ1n) is 13.3. The van der Waals surface area contributed by atoms with Crippen molar-refractivity contribution in [3.8, 4) is 5.75 Å². The molecule has 0 radical (unpaired) electrons. The quantitative estimate of drug-likeness (QED) is 0.460. The second kappa shape index (κ2) is 12.6. The number of aromatic carboxylic acids is 1. The molecule has 0 aromatic heterocycles. The van der Waals surface area contributed by atoms with Crippen LogP contribution in [0.1, 0.15) is 58.6 Å². The highest BCUT2D eigenvalue weighted by Crippen LogP contribution is 2.48. The molecule has 39 heavy (non-hydrogen) atoms. The van der Waals surface area contributed by atoms with E-state index in [1.807, 2.05) is 49.4 Å². The molecule has 0 spiro atoms. The monoisotopic (exact) mass is 529 g/mol. The summed E-state index contributed by atoms with van der Waals surface area (Å²) in [5, 5.41) is 17.3. The number of allylic oxidation sites excluding steroid dienone is 3. The molecule has 0 saturated carbocycles. The molecule has 2 atom stereocenters. The van der Waals surface area contributed by atoms with E-state index in [1.54, 1.807) is 26.2 Å². The second-order valence-corrected chi connectivity index (χ2v) is 9.89. The Morgan fingerprint density at radius 3 is 2.26 bits per heavy atom. The van der Waals surface area contributed by atoms with E-state index in [4.69, 9.17) is 4.74 Å². The summed E-state index contributed by atoms with van der Waals surface area (Å²) in [4.78, 5) is 35.6. The lowest BCUT2D eigenvalue weighted by Crippen LogP contribution is -2.32. The smallest absolute Gasteiger partial charge is 0.219 e. The van der Waals surface area contributed by atoms with Crippen molar-refractivity contribution in [1.82, 2.24) is 10.6 Å². The first kappa shape index (κ1) is 27.8. The van der Waals surface area contributed by atoms with Crippen molar-refractivity contribution in [3.05, 3.63) is 88.7 Å². The zero-order valence-corrected chi connectivity index (χ0v) is 22.7. The number of carbonyl (C=O) groups excluding carboxylic acids is 3. The number of fused-ring (bicyclic) bond motifs is 2. The van der Waals surface area contributed by atoms with Crippen LogP contribution in [0.4, 0.5) is 0 Å². The van der Waals surface area contributed by atoms with Crippen LogP contribution in [0.15, 0.2) is 66.5 Å². The van der Waals surface area contributed by atoms with Gasteiger partial charge in [0.05, 0.1) is 5.97 Å². The van der Waals surface area contributed by atoms with Gasteiger partial charge in [0.1, 0.15) is 24.6 Å². The van der Waals surface area contributed by atoms with Crippen molar-refractivity contribution in [3.63, 3.8) is 0 Å². The molecule has 2 aromatic rings. The van der Waals surface area contributed by atoms with Gasteiger partial charge in [-0.15, -0.1) is 0 Å². The SMILES string of the molecule is CNC(=O)CCC[N+](CCCC(=O)NC)=C1C=CC2C(=C1)Oc1cc(C)ccc1C2c1ccccc1C(=O)[O-]. The summed E-state index contributed by atoms with van der Waals surface area (Å²) in [6.07, 6.45) is 8.24. The number of nitrogens with zero attached hydrogens (tertiary/aromatic N) is 1. The summed E-state index contributed by atoms with van der Waals surface area (Å²) in [5.41, 5.74) is 3.75.